The monoisotopic (exact) mass is 217 g/mol. The van der Waals surface area contributed by atoms with E-state index in [9.17, 15) is 0 Å². The highest BCUT2D eigenvalue weighted by Crippen LogP contribution is 2.28. The molecular weight excluding hydrogens is 206 g/mol. The minimum Gasteiger partial charge on any atom is -0.314 e. The number of rotatable bonds is 2. The quantitative estimate of drug-likeness (QED) is 0.777. The van der Waals surface area contributed by atoms with E-state index in [2.05, 4.69) is 21.4 Å². The lowest BCUT2D eigenvalue weighted by atomic mass is 10.2. The number of benzene rings is 1. The molecule has 15 heavy (non-hydrogen) atoms. The number of hydrogen-bond acceptors (Lipinski definition) is 4. The molecule has 1 saturated heterocycles. The third-order valence-electron chi connectivity index (χ3n) is 2.53. The molecule has 0 unspecified atom stereocenters. The fourth-order valence-electron chi connectivity index (χ4n) is 1.58. The van der Waals surface area contributed by atoms with Crippen molar-refractivity contribution in [3.63, 3.8) is 0 Å². The second kappa shape index (κ2) is 3.79. The molecule has 0 radical (unpaired) electrons. The molecule has 1 aromatic carbocycles. The molecule has 1 N–H and O–H groups in total. The number of thioether (sulfide) groups is 1. The number of para-hydroxylation sites is 1. The van der Waals surface area contributed by atoms with E-state index in [1.54, 1.807) is 6.33 Å². The molecule has 0 bridgehead atoms. The second-order valence-electron chi connectivity index (χ2n) is 3.59. The van der Waals surface area contributed by atoms with Gasteiger partial charge < -0.3 is 5.32 Å². The summed E-state index contributed by atoms with van der Waals surface area (Å²) < 4.78 is 0. The van der Waals surface area contributed by atoms with Crippen molar-refractivity contribution >= 4 is 22.7 Å². The number of nitrogens with one attached hydrogen (secondary N) is 1. The van der Waals surface area contributed by atoms with E-state index < -0.39 is 0 Å². The summed E-state index contributed by atoms with van der Waals surface area (Å²) in [5, 5.41) is 6.20. The highest BCUT2D eigenvalue weighted by atomic mass is 32.2. The fourth-order valence-corrected chi connectivity index (χ4v) is 2.70. The molecule has 0 saturated carbocycles. The molecule has 3 nitrogen and oxygen atoms in total. The fraction of sp³-hybridized carbons (Fsp3) is 0.273. The molecule has 0 aliphatic carbocycles. The summed E-state index contributed by atoms with van der Waals surface area (Å²) in [4.78, 5) is 8.61. The second-order valence-corrected chi connectivity index (χ2v) is 4.88. The van der Waals surface area contributed by atoms with Gasteiger partial charge in [-0.1, -0.05) is 30.0 Å². The lowest BCUT2D eigenvalue weighted by Crippen LogP contribution is -2.44. The van der Waals surface area contributed by atoms with Crippen molar-refractivity contribution in [2.75, 3.05) is 13.1 Å². The Morgan fingerprint density at radius 2 is 2.07 bits per heavy atom. The van der Waals surface area contributed by atoms with E-state index in [0.717, 1.165) is 29.0 Å². The Morgan fingerprint density at radius 1 is 1.20 bits per heavy atom. The smallest absolute Gasteiger partial charge is 0.117 e. The summed E-state index contributed by atoms with van der Waals surface area (Å²) in [6.45, 7) is 2.17. The van der Waals surface area contributed by atoms with E-state index >= 15 is 0 Å². The topological polar surface area (TPSA) is 37.8 Å². The van der Waals surface area contributed by atoms with Gasteiger partial charge in [-0.2, -0.15) is 0 Å². The van der Waals surface area contributed by atoms with Crippen LogP contribution in [0.1, 0.15) is 0 Å². The predicted octanol–water partition coefficient (Wildman–Crippen LogP) is 1.69. The summed E-state index contributed by atoms with van der Waals surface area (Å²) in [6, 6.07) is 8.16. The molecule has 1 aromatic heterocycles. The molecule has 2 aromatic rings. The van der Waals surface area contributed by atoms with Gasteiger partial charge in [-0.3, -0.25) is 0 Å². The van der Waals surface area contributed by atoms with Gasteiger partial charge in [0.2, 0.25) is 0 Å². The van der Waals surface area contributed by atoms with Crippen LogP contribution in [0.3, 0.4) is 0 Å². The first kappa shape index (κ1) is 9.12. The van der Waals surface area contributed by atoms with Gasteiger partial charge in [0.15, 0.2) is 0 Å². The van der Waals surface area contributed by atoms with Gasteiger partial charge in [0, 0.05) is 23.7 Å². The minimum absolute atomic E-state index is 0.670. The SMILES string of the molecule is c1ccc2c(SC3CNC3)ncnc2c1. The van der Waals surface area contributed by atoms with Crippen LogP contribution in [-0.2, 0) is 0 Å². The van der Waals surface area contributed by atoms with Crippen LogP contribution in [0, 0.1) is 0 Å². The Labute approximate surface area is 92.3 Å². The molecular formula is C11H11N3S. The van der Waals surface area contributed by atoms with Gasteiger partial charge in [-0.25, -0.2) is 9.97 Å². The molecule has 76 valence electrons. The predicted molar refractivity (Wildman–Crippen MR) is 62.1 cm³/mol. The van der Waals surface area contributed by atoms with Crippen molar-refractivity contribution in [3.05, 3.63) is 30.6 Å². The highest BCUT2D eigenvalue weighted by molar-refractivity contribution is 8.00. The van der Waals surface area contributed by atoms with Crippen LogP contribution in [0.2, 0.25) is 0 Å². The van der Waals surface area contributed by atoms with Crippen molar-refractivity contribution in [1.82, 2.24) is 15.3 Å². The number of aromatic nitrogens is 2. The summed E-state index contributed by atoms with van der Waals surface area (Å²) in [6.07, 6.45) is 1.65. The third kappa shape index (κ3) is 1.70. The van der Waals surface area contributed by atoms with E-state index in [1.807, 2.05) is 30.0 Å². The first-order valence-electron chi connectivity index (χ1n) is 5.00. The molecule has 0 spiro atoms. The largest absolute Gasteiger partial charge is 0.314 e. The van der Waals surface area contributed by atoms with Crippen molar-refractivity contribution in [2.24, 2.45) is 0 Å². The molecule has 1 aliphatic rings. The van der Waals surface area contributed by atoms with Gasteiger partial charge in [0.25, 0.3) is 0 Å². The normalized spacial score (nSPS) is 16.5. The van der Waals surface area contributed by atoms with Gasteiger partial charge in [0.1, 0.15) is 11.4 Å². The van der Waals surface area contributed by atoms with E-state index in [-0.39, 0.29) is 0 Å². The van der Waals surface area contributed by atoms with Crippen molar-refractivity contribution in [2.45, 2.75) is 10.3 Å². The maximum atomic E-state index is 4.35. The summed E-state index contributed by atoms with van der Waals surface area (Å²) in [5.74, 6) is 0. The molecule has 3 rings (SSSR count). The van der Waals surface area contributed by atoms with Crippen LogP contribution in [0.5, 0.6) is 0 Å². The zero-order valence-electron chi connectivity index (χ0n) is 8.18. The summed E-state index contributed by atoms with van der Waals surface area (Å²) >= 11 is 1.85. The van der Waals surface area contributed by atoms with Gasteiger partial charge in [-0.15, -0.1) is 0 Å². The summed E-state index contributed by atoms with van der Waals surface area (Å²) in [7, 11) is 0. The van der Waals surface area contributed by atoms with E-state index in [1.165, 1.54) is 0 Å². The molecule has 1 fully saturated rings. The minimum atomic E-state index is 0.670. The third-order valence-corrected chi connectivity index (χ3v) is 3.74. The standard InChI is InChI=1S/C11H11N3S/c1-2-4-10-9(3-1)11(14-7-13-10)15-8-5-12-6-8/h1-4,7-8,12H,5-6H2. The maximum Gasteiger partial charge on any atom is 0.117 e. The molecule has 4 heteroatoms. The first-order valence-corrected chi connectivity index (χ1v) is 5.88. The molecule has 0 amide bonds. The van der Waals surface area contributed by atoms with Crippen LogP contribution >= 0.6 is 11.8 Å². The highest BCUT2D eigenvalue weighted by Gasteiger charge is 2.19. The summed E-state index contributed by atoms with van der Waals surface area (Å²) in [5.41, 5.74) is 1.03. The van der Waals surface area contributed by atoms with E-state index in [0.29, 0.717) is 5.25 Å². The lowest BCUT2D eigenvalue weighted by molar-refractivity contribution is 0.543. The van der Waals surface area contributed by atoms with Crippen molar-refractivity contribution < 1.29 is 0 Å². The zero-order valence-corrected chi connectivity index (χ0v) is 9.00. The van der Waals surface area contributed by atoms with Gasteiger partial charge >= 0.3 is 0 Å². The van der Waals surface area contributed by atoms with Crippen molar-refractivity contribution in [1.29, 1.82) is 0 Å². The maximum absolute atomic E-state index is 4.35. The Bertz CT molecular complexity index is 477. The molecule has 2 heterocycles. The number of hydrogen-bond donors (Lipinski definition) is 1. The van der Waals surface area contributed by atoms with Gasteiger partial charge in [-0.05, 0) is 6.07 Å². The Kier molecular flexibility index (Phi) is 2.31. The number of fused-ring (bicyclic) bond motifs is 1. The Hall–Kier alpha value is -1.13. The molecule has 1 aliphatic heterocycles. The van der Waals surface area contributed by atoms with Crippen LogP contribution in [0.4, 0.5) is 0 Å². The van der Waals surface area contributed by atoms with Crippen LogP contribution in [-0.4, -0.2) is 28.3 Å². The van der Waals surface area contributed by atoms with Crippen molar-refractivity contribution in [3.8, 4) is 0 Å². The van der Waals surface area contributed by atoms with Gasteiger partial charge in [0.05, 0.1) is 5.52 Å². The Balaban J connectivity index is 2.01. The van der Waals surface area contributed by atoms with E-state index in [4.69, 9.17) is 0 Å². The Morgan fingerprint density at radius 3 is 2.87 bits per heavy atom. The number of nitrogens with zero attached hydrogens (tertiary/aromatic N) is 2. The zero-order chi connectivity index (χ0) is 10.1. The average Bonchev–Trinajstić information content (AvgIpc) is 2.23. The lowest BCUT2D eigenvalue weighted by Gasteiger charge is -2.26. The first-order chi connectivity index (χ1) is 7.43. The van der Waals surface area contributed by atoms with Crippen LogP contribution < -0.4 is 5.32 Å². The average molecular weight is 217 g/mol. The van der Waals surface area contributed by atoms with Crippen LogP contribution in [0.25, 0.3) is 10.9 Å². The van der Waals surface area contributed by atoms with Crippen LogP contribution in [0.15, 0.2) is 35.6 Å². The molecule has 0 atom stereocenters.